The summed E-state index contributed by atoms with van der Waals surface area (Å²) in [5, 5.41) is 3.15. The Hall–Kier alpha value is 0.663. The SMILES string of the molecule is Cc1[pH]c(C)c(C)c1C.[Zr]. The van der Waals surface area contributed by atoms with Crippen molar-refractivity contribution in [2.24, 2.45) is 0 Å². The monoisotopic (exact) mass is 230 g/mol. The first-order chi connectivity index (χ1) is 4.13. The number of hydrogen-bond donors (Lipinski definition) is 0. The molecule has 1 heterocycles. The van der Waals surface area contributed by atoms with E-state index in [9.17, 15) is 0 Å². The Bertz CT molecular complexity index is 203. The number of aryl methyl sites for hydroxylation is 2. The fourth-order valence-corrected chi connectivity index (χ4v) is 2.34. The van der Waals surface area contributed by atoms with E-state index in [2.05, 4.69) is 27.7 Å². The van der Waals surface area contributed by atoms with Gasteiger partial charge in [-0.3, -0.25) is 0 Å². The van der Waals surface area contributed by atoms with Crippen LogP contribution in [-0.2, 0) is 26.2 Å². The molecule has 0 bridgehead atoms. The Morgan fingerprint density at radius 2 is 1.10 bits per heavy atom. The molecule has 1 aromatic heterocycles. The molecule has 54 valence electrons. The summed E-state index contributed by atoms with van der Waals surface area (Å²) in [6, 6.07) is 0. The maximum absolute atomic E-state index is 2.23. The van der Waals surface area contributed by atoms with Crippen molar-refractivity contribution in [2.75, 3.05) is 0 Å². The van der Waals surface area contributed by atoms with Crippen LogP contribution in [0.3, 0.4) is 0 Å². The molecule has 0 aliphatic heterocycles. The van der Waals surface area contributed by atoms with E-state index in [-0.39, 0.29) is 26.2 Å². The van der Waals surface area contributed by atoms with Crippen LogP contribution < -0.4 is 0 Å². The molecule has 1 rings (SSSR count). The van der Waals surface area contributed by atoms with Gasteiger partial charge in [0.25, 0.3) is 0 Å². The van der Waals surface area contributed by atoms with E-state index in [1.807, 2.05) is 0 Å². The van der Waals surface area contributed by atoms with E-state index < -0.39 is 0 Å². The fraction of sp³-hybridized carbons (Fsp3) is 0.500. The molecule has 0 aliphatic carbocycles. The summed E-state index contributed by atoms with van der Waals surface area (Å²) in [4.78, 5) is 0. The van der Waals surface area contributed by atoms with Crippen LogP contribution in [0.4, 0.5) is 0 Å². The van der Waals surface area contributed by atoms with Crippen LogP contribution in [0.25, 0.3) is 0 Å². The zero-order valence-corrected chi connectivity index (χ0v) is 10.5. The molecular formula is C8H13PZr. The van der Waals surface area contributed by atoms with Gasteiger partial charge in [0.05, 0.1) is 0 Å². The third kappa shape index (κ3) is 1.83. The zero-order chi connectivity index (χ0) is 7.02. The van der Waals surface area contributed by atoms with Crippen molar-refractivity contribution >= 4 is 8.19 Å². The minimum atomic E-state index is 0. The van der Waals surface area contributed by atoms with Crippen LogP contribution in [0.15, 0.2) is 0 Å². The quantitative estimate of drug-likeness (QED) is 0.644. The molecule has 0 saturated carbocycles. The number of hydrogen-bond acceptors (Lipinski definition) is 0. The maximum atomic E-state index is 2.23. The van der Waals surface area contributed by atoms with Crippen molar-refractivity contribution in [1.82, 2.24) is 0 Å². The van der Waals surface area contributed by atoms with Gasteiger partial charge >= 0.3 is 0 Å². The van der Waals surface area contributed by atoms with Gasteiger partial charge in [-0.2, -0.15) is 0 Å². The van der Waals surface area contributed by atoms with Crippen molar-refractivity contribution in [3.63, 3.8) is 0 Å². The molecule has 0 unspecified atom stereocenters. The van der Waals surface area contributed by atoms with Gasteiger partial charge in [0.1, 0.15) is 0 Å². The van der Waals surface area contributed by atoms with Crippen LogP contribution in [0.2, 0.25) is 0 Å². The van der Waals surface area contributed by atoms with E-state index >= 15 is 0 Å². The first-order valence-corrected chi connectivity index (χ1v) is 4.25. The molecule has 2 heteroatoms. The average molecular weight is 231 g/mol. The van der Waals surface area contributed by atoms with Gasteiger partial charge in [-0.1, -0.05) is 0 Å². The van der Waals surface area contributed by atoms with Crippen molar-refractivity contribution in [3.8, 4) is 0 Å². The van der Waals surface area contributed by atoms with Crippen molar-refractivity contribution < 1.29 is 26.2 Å². The fourth-order valence-electron chi connectivity index (χ4n) is 1.03. The molecule has 0 saturated heterocycles. The largest absolute Gasteiger partial charge is 0.133 e. The second kappa shape index (κ2) is 3.88. The molecule has 0 aromatic carbocycles. The normalized spacial score (nSPS) is 9.20. The summed E-state index contributed by atoms with van der Waals surface area (Å²) >= 11 is 0. The molecule has 0 amide bonds. The smallest absolute Gasteiger partial charge is 0 e. The van der Waals surface area contributed by atoms with E-state index in [0.717, 1.165) is 8.19 Å². The Morgan fingerprint density at radius 1 is 0.800 bits per heavy atom. The van der Waals surface area contributed by atoms with Crippen LogP contribution in [0, 0.1) is 27.7 Å². The second-order valence-electron chi connectivity index (χ2n) is 2.62. The Balaban J connectivity index is 0.000000810. The van der Waals surface area contributed by atoms with Crippen LogP contribution in [0.5, 0.6) is 0 Å². The predicted molar refractivity (Wildman–Crippen MR) is 44.9 cm³/mol. The topological polar surface area (TPSA) is 0 Å². The van der Waals surface area contributed by atoms with E-state index in [4.69, 9.17) is 0 Å². The first kappa shape index (κ1) is 10.7. The molecule has 0 N–H and O–H groups in total. The molecule has 10 heavy (non-hydrogen) atoms. The summed E-state index contributed by atoms with van der Waals surface area (Å²) in [5.41, 5.74) is 3.04. The molecule has 0 nitrogen and oxygen atoms in total. The molecule has 1 aromatic rings. The Labute approximate surface area is 83.6 Å². The van der Waals surface area contributed by atoms with Crippen molar-refractivity contribution in [3.05, 3.63) is 21.7 Å². The number of rotatable bonds is 0. The third-order valence-corrected chi connectivity index (χ3v) is 3.56. The Morgan fingerprint density at radius 3 is 1.20 bits per heavy atom. The zero-order valence-electron chi connectivity index (χ0n) is 7.00. The molecular weight excluding hydrogens is 218 g/mol. The average Bonchev–Trinajstić information content (AvgIpc) is 1.98. The van der Waals surface area contributed by atoms with E-state index in [0.29, 0.717) is 0 Å². The van der Waals surface area contributed by atoms with Crippen LogP contribution in [-0.4, -0.2) is 0 Å². The van der Waals surface area contributed by atoms with E-state index in [1.54, 1.807) is 10.6 Å². The van der Waals surface area contributed by atoms with Gasteiger partial charge in [0.15, 0.2) is 0 Å². The second-order valence-corrected chi connectivity index (χ2v) is 4.38. The summed E-state index contributed by atoms with van der Waals surface area (Å²) < 4.78 is 0. The standard InChI is InChI=1S/C8H13P.Zr/c1-5-6(2)8(4)9-7(5)3;/h9H,1-4H3;. The molecule has 0 atom stereocenters. The van der Waals surface area contributed by atoms with Gasteiger partial charge in [-0.05, 0) is 49.4 Å². The minimum Gasteiger partial charge on any atom is -0.133 e. The third-order valence-electron chi connectivity index (χ3n) is 2.06. The van der Waals surface area contributed by atoms with Crippen molar-refractivity contribution in [1.29, 1.82) is 0 Å². The van der Waals surface area contributed by atoms with Gasteiger partial charge in [-0.15, -0.1) is 8.19 Å². The van der Waals surface area contributed by atoms with Gasteiger partial charge in [0.2, 0.25) is 0 Å². The summed E-state index contributed by atoms with van der Waals surface area (Å²) in [7, 11) is 0.976. The molecule has 0 fully saturated rings. The van der Waals surface area contributed by atoms with Crippen LogP contribution >= 0.6 is 8.19 Å². The molecule has 0 spiro atoms. The first-order valence-electron chi connectivity index (χ1n) is 3.25. The molecule has 0 radical (unpaired) electrons. The summed E-state index contributed by atoms with van der Waals surface area (Å²) in [5.74, 6) is 0. The van der Waals surface area contributed by atoms with E-state index in [1.165, 1.54) is 11.1 Å². The van der Waals surface area contributed by atoms with Crippen molar-refractivity contribution in [2.45, 2.75) is 27.7 Å². The minimum absolute atomic E-state index is 0. The van der Waals surface area contributed by atoms with Crippen LogP contribution in [0.1, 0.15) is 21.7 Å². The van der Waals surface area contributed by atoms with Gasteiger partial charge in [-0.25, -0.2) is 0 Å². The Kier molecular flexibility index (Phi) is 4.14. The predicted octanol–water partition coefficient (Wildman–Crippen LogP) is 2.95. The van der Waals surface area contributed by atoms with Gasteiger partial charge < -0.3 is 0 Å². The molecule has 0 aliphatic rings. The summed E-state index contributed by atoms with van der Waals surface area (Å²) in [6.45, 7) is 8.89. The summed E-state index contributed by atoms with van der Waals surface area (Å²) in [6.07, 6.45) is 0. The maximum Gasteiger partial charge on any atom is 0 e. The van der Waals surface area contributed by atoms with Gasteiger partial charge in [0, 0.05) is 26.2 Å².